The van der Waals surface area contributed by atoms with Crippen LogP contribution in [0.2, 0.25) is 0 Å². The molecule has 0 N–H and O–H groups in total. The van der Waals surface area contributed by atoms with E-state index in [9.17, 15) is 19.5 Å². The number of hydrogen-bond donors (Lipinski definition) is 0. The highest BCUT2D eigenvalue weighted by Crippen LogP contribution is 2.13. The van der Waals surface area contributed by atoms with Gasteiger partial charge < -0.3 is 28.6 Å². The van der Waals surface area contributed by atoms with Gasteiger partial charge in [-0.15, -0.1) is 0 Å². The molecule has 0 aromatic rings. The largest absolute Gasteiger partial charge is 0.544 e. The zero-order valence-electron chi connectivity index (χ0n) is 33.0. The maximum Gasteiger partial charge on any atom is 0.306 e. The van der Waals surface area contributed by atoms with Gasteiger partial charge in [0.2, 0.25) is 0 Å². The number of hydrogen-bond acceptors (Lipinski definition) is 7. The predicted molar refractivity (Wildman–Crippen MR) is 208 cm³/mol. The number of likely N-dealkylation sites (N-methyl/N-ethyl adjacent to an activating group) is 1. The van der Waals surface area contributed by atoms with Crippen molar-refractivity contribution in [2.24, 2.45) is 0 Å². The minimum absolute atomic E-state index is 0.0285. The highest BCUT2D eigenvalue weighted by Gasteiger charge is 2.25. The second-order valence-electron chi connectivity index (χ2n) is 14.3. The van der Waals surface area contributed by atoms with E-state index < -0.39 is 18.1 Å². The van der Waals surface area contributed by atoms with E-state index in [0.29, 0.717) is 12.8 Å². The molecule has 0 saturated carbocycles. The van der Waals surface area contributed by atoms with Crippen molar-refractivity contribution in [2.45, 2.75) is 154 Å². The first-order chi connectivity index (χ1) is 24.6. The standard InChI is InChI=1S/C43H73NO7/c1-6-8-10-12-14-16-17-18-19-20-21-22-23-24-26-28-30-32-34-42(46)51-39(37-49-36-35-40(43(47)48)44(3,4)5)38-50-41(45)33-31-29-27-25-15-13-11-9-7-2/h10,12,14,16-22,39-40H,6-9,11,13,15,23-38H2,1-5H3/b12-10+,16-14+,18-17+,20-19+,22-21+. The van der Waals surface area contributed by atoms with E-state index in [4.69, 9.17) is 14.2 Å². The summed E-state index contributed by atoms with van der Waals surface area (Å²) in [7, 11) is 5.38. The van der Waals surface area contributed by atoms with E-state index in [1.807, 2.05) is 36.5 Å². The van der Waals surface area contributed by atoms with Crippen molar-refractivity contribution in [3.05, 3.63) is 60.8 Å². The number of nitrogens with zero attached hydrogens (tertiary/aromatic N) is 1. The summed E-state index contributed by atoms with van der Waals surface area (Å²) in [6.07, 6.45) is 39.5. The first kappa shape index (κ1) is 48.0. The van der Waals surface area contributed by atoms with Crippen LogP contribution >= 0.6 is 0 Å². The van der Waals surface area contributed by atoms with Crippen LogP contribution in [0.15, 0.2) is 60.8 Å². The summed E-state index contributed by atoms with van der Waals surface area (Å²) in [5.74, 6) is -1.78. The van der Waals surface area contributed by atoms with Crippen LogP contribution in [-0.2, 0) is 28.6 Å². The Labute approximate surface area is 311 Å². The maximum atomic E-state index is 12.7. The van der Waals surface area contributed by atoms with Crippen molar-refractivity contribution < 1.29 is 38.2 Å². The van der Waals surface area contributed by atoms with E-state index in [2.05, 4.69) is 38.2 Å². The lowest BCUT2D eigenvalue weighted by Gasteiger charge is -2.34. The third-order valence-electron chi connectivity index (χ3n) is 8.52. The zero-order chi connectivity index (χ0) is 37.8. The number of aliphatic carboxylic acids is 1. The molecule has 0 spiro atoms. The molecule has 0 aromatic heterocycles. The molecule has 2 unspecified atom stereocenters. The Morgan fingerprint density at radius 3 is 1.61 bits per heavy atom. The average molecular weight is 716 g/mol. The van der Waals surface area contributed by atoms with Crippen molar-refractivity contribution >= 4 is 17.9 Å². The lowest BCUT2D eigenvalue weighted by Crippen LogP contribution is -2.55. The first-order valence-corrected chi connectivity index (χ1v) is 19.9. The molecule has 0 aliphatic heterocycles. The minimum Gasteiger partial charge on any atom is -0.544 e. The summed E-state index contributed by atoms with van der Waals surface area (Å²) in [5.41, 5.74) is 0. The maximum absolute atomic E-state index is 12.7. The number of allylic oxidation sites excluding steroid dienone is 10. The van der Waals surface area contributed by atoms with Crippen molar-refractivity contribution in [2.75, 3.05) is 41.0 Å². The highest BCUT2D eigenvalue weighted by atomic mass is 16.6. The Hall–Kier alpha value is -2.97. The van der Waals surface area contributed by atoms with Crippen molar-refractivity contribution in [1.29, 1.82) is 0 Å². The van der Waals surface area contributed by atoms with Crippen molar-refractivity contribution in [3.8, 4) is 0 Å². The molecular formula is C43H73NO7. The number of carbonyl (C=O) groups excluding carboxylic acids is 3. The third kappa shape index (κ3) is 32.7. The number of rotatable bonds is 34. The molecule has 8 nitrogen and oxygen atoms in total. The van der Waals surface area contributed by atoms with Gasteiger partial charge in [-0.05, 0) is 32.1 Å². The Balaban J connectivity index is 4.45. The Bertz CT molecular complexity index is 1020. The zero-order valence-corrected chi connectivity index (χ0v) is 33.0. The summed E-state index contributed by atoms with van der Waals surface area (Å²) in [6, 6.07) is -0.731. The van der Waals surface area contributed by atoms with Crippen LogP contribution in [0.25, 0.3) is 0 Å². The minimum atomic E-state index is -1.13. The topological polar surface area (TPSA) is 102 Å². The molecule has 0 bridgehead atoms. The van der Waals surface area contributed by atoms with E-state index in [0.717, 1.165) is 64.2 Å². The Morgan fingerprint density at radius 1 is 0.588 bits per heavy atom. The quantitative estimate of drug-likeness (QED) is 0.0284. The molecule has 8 heteroatoms. The van der Waals surface area contributed by atoms with Gasteiger partial charge in [0.1, 0.15) is 12.6 Å². The fourth-order valence-electron chi connectivity index (χ4n) is 5.39. The van der Waals surface area contributed by atoms with Crippen LogP contribution < -0.4 is 5.11 Å². The van der Waals surface area contributed by atoms with E-state index in [-0.39, 0.29) is 42.7 Å². The van der Waals surface area contributed by atoms with Crippen LogP contribution in [-0.4, -0.2) is 75.5 Å². The van der Waals surface area contributed by atoms with Crippen LogP contribution in [0.1, 0.15) is 142 Å². The lowest BCUT2D eigenvalue weighted by atomic mass is 10.1. The van der Waals surface area contributed by atoms with Gasteiger partial charge in [0.05, 0.1) is 40.3 Å². The molecule has 2 atom stereocenters. The number of quaternary nitrogens is 1. The van der Waals surface area contributed by atoms with E-state index in [1.54, 1.807) is 21.1 Å². The number of esters is 2. The number of unbranched alkanes of at least 4 members (excludes halogenated alkanes) is 14. The molecule has 0 aliphatic carbocycles. The summed E-state index contributed by atoms with van der Waals surface area (Å²) < 4.78 is 17.1. The number of ether oxygens (including phenoxy) is 3. The molecule has 0 radical (unpaired) electrons. The fourth-order valence-corrected chi connectivity index (χ4v) is 5.39. The van der Waals surface area contributed by atoms with Gasteiger partial charge in [-0.3, -0.25) is 9.59 Å². The number of carboxylic acid groups (broad SMARTS) is 1. The Kier molecular flexibility index (Phi) is 32.1. The molecule has 0 fully saturated rings. The van der Waals surface area contributed by atoms with Gasteiger partial charge in [0.25, 0.3) is 0 Å². The van der Waals surface area contributed by atoms with Crippen LogP contribution in [0.3, 0.4) is 0 Å². The molecule has 0 aromatic carbocycles. The fraction of sp³-hybridized carbons (Fsp3) is 0.698. The third-order valence-corrected chi connectivity index (χ3v) is 8.52. The summed E-state index contributed by atoms with van der Waals surface area (Å²) in [6.45, 7) is 4.50. The van der Waals surface area contributed by atoms with Gasteiger partial charge in [-0.1, -0.05) is 152 Å². The van der Waals surface area contributed by atoms with Gasteiger partial charge >= 0.3 is 11.9 Å². The van der Waals surface area contributed by atoms with Gasteiger partial charge in [-0.25, -0.2) is 0 Å². The normalized spacial score (nSPS) is 13.7. The van der Waals surface area contributed by atoms with Crippen LogP contribution in [0.5, 0.6) is 0 Å². The summed E-state index contributed by atoms with van der Waals surface area (Å²) >= 11 is 0. The van der Waals surface area contributed by atoms with Crippen molar-refractivity contribution in [3.63, 3.8) is 0 Å². The number of carboxylic acids is 1. The SMILES string of the molecule is CCC/C=C/C=C/C=C/C=C/C=C/CCCCCCCC(=O)OC(COCCC(C(=O)[O-])[N+](C)(C)C)COC(=O)CCCCCCCCCCC. The van der Waals surface area contributed by atoms with Crippen LogP contribution in [0, 0.1) is 0 Å². The smallest absolute Gasteiger partial charge is 0.306 e. The van der Waals surface area contributed by atoms with Crippen LogP contribution in [0.4, 0.5) is 0 Å². The molecule has 0 rings (SSSR count). The monoisotopic (exact) mass is 716 g/mol. The lowest BCUT2D eigenvalue weighted by molar-refractivity contribution is -0.889. The molecule has 0 saturated heterocycles. The van der Waals surface area contributed by atoms with Gasteiger partial charge in [0, 0.05) is 19.3 Å². The highest BCUT2D eigenvalue weighted by molar-refractivity contribution is 5.70. The van der Waals surface area contributed by atoms with E-state index >= 15 is 0 Å². The molecule has 0 heterocycles. The molecule has 0 aliphatic rings. The second-order valence-corrected chi connectivity index (χ2v) is 14.3. The van der Waals surface area contributed by atoms with Crippen molar-refractivity contribution in [1.82, 2.24) is 0 Å². The summed E-state index contributed by atoms with van der Waals surface area (Å²) in [5, 5.41) is 11.6. The molecular weight excluding hydrogens is 642 g/mol. The molecule has 51 heavy (non-hydrogen) atoms. The first-order valence-electron chi connectivity index (χ1n) is 19.9. The van der Waals surface area contributed by atoms with Gasteiger partial charge in [-0.2, -0.15) is 0 Å². The number of carbonyl (C=O) groups is 3. The Morgan fingerprint density at radius 2 is 1.08 bits per heavy atom. The average Bonchev–Trinajstić information content (AvgIpc) is 3.08. The molecule has 292 valence electrons. The summed E-state index contributed by atoms with van der Waals surface area (Å²) in [4.78, 5) is 36.6. The van der Waals surface area contributed by atoms with E-state index in [1.165, 1.54) is 44.9 Å². The predicted octanol–water partition coefficient (Wildman–Crippen LogP) is 8.91. The molecule has 0 amide bonds. The second kappa shape index (κ2) is 34.1. The van der Waals surface area contributed by atoms with Gasteiger partial charge in [0.15, 0.2) is 6.10 Å².